The molecule has 20 heavy (non-hydrogen) atoms. The Morgan fingerprint density at radius 2 is 1.55 bits per heavy atom. The molecule has 0 heteroatoms. The second-order valence-corrected chi connectivity index (χ2v) is 4.17. The largest absolute Gasteiger partial charge is 0.0876 e. The topological polar surface area (TPSA) is 0 Å². The van der Waals surface area contributed by atoms with Crippen molar-refractivity contribution in [3.8, 4) is 0 Å². The van der Waals surface area contributed by atoms with E-state index in [0.29, 0.717) is 0 Å². The molecular weight excluding hydrogens is 240 g/mol. The quantitative estimate of drug-likeness (QED) is 0.562. The smallest absolute Gasteiger partial charge is 0.0105 e. The maximum absolute atomic E-state index is 2.18. The van der Waals surface area contributed by atoms with E-state index < -0.39 is 0 Å². The highest BCUT2D eigenvalue weighted by Crippen LogP contribution is 2.26. The van der Waals surface area contributed by atoms with Gasteiger partial charge < -0.3 is 0 Å². The fourth-order valence-electron chi connectivity index (χ4n) is 2.09. The zero-order chi connectivity index (χ0) is 14.8. The lowest BCUT2D eigenvalue weighted by molar-refractivity contribution is 1.50. The molecule has 0 heterocycles. The van der Waals surface area contributed by atoms with Crippen molar-refractivity contribution in [2.45, 2.75) is 27.7 Å². The van der Waals surface area contributed by atoms with E-state index in [9.17, 15) is 0 Å². The summed E-state index contributed by atoms with van der Waals surface area (Å²) in [4.78, 5) is 0. The van der Waals surface area contributed by atoms with Gasteiger partial charge in [0.05, 0.1) is 0 Å². The molecule has 0 saturated carbocycles. The molecule has 0 N–H and O–H groups in total. The minimum Gasteiger partial charge on any atom is -0.0876 e. The third-order valence-electron chi connectivity index (χ3n) is 2.92. The summed E-state index contributed by atoms with van der Waals surface area (Å²) in [5.74, 6) is 0. The van der Waals surface area contributed by atoms with Gasteiger partial charge in [-0.15, -0.1) is 0 Å². The molecule has 0 atom stereocenters. The lowest BCUT2D eigenvalue weighted by Crippen LogP contribution is -1.84. The second kappa shape index (κ2) is 8.92. The normalized spacial score (nSPS) is 11.9. The average molecular weight is 264 g/mol. The van der Waals surface area contributed by atoms with Gasteiger partial charge in [-0.1, -0.05) is 86.7 Å². The summed E-state index contributed by atoms with van der Waals surface area (Å²) >= 11 is 0. The molecule has 0 saturated heterocycles. The van der Waals surface area contributed by atoms with E-state index >= 15 is 0 Å². The summed E-state index contributed by atoms with van der Waals surface area (Å²) in [6.07, 6.45) is 10.5. The Morgan fingerprint density at radius 3 is 2.25 bits per heavy atom. The van der Waals surface area contributed by atoms with Crippen LogP contribution >= 0.6 is 0 Å². The molecule has 0 fully saturated rings. The van der Waals surface area contributed by atoms with E-state index in [4.69, 9.17) is 0 Å². The van der Waals surface area contributed by atoms with E-state index in [0.717, 1.165) is 0 Å². The molecule has 2 aromatic carbocycles. The standard InChI is InChI=1S/C18H18.C2H6/c1-3-5-10-15(9-4-2)18-14-8-12-16-11-6-7-13-17(16)18;1-2/h3-14H,1-2H3;1-2H3/b5-3-,9-4-,15-10+;. The van der Waals surface area contributed by atoms with Crippen molar-refractivity contribution < 1.29 is 0 Å². The minimum absolute atomic E-state index is 1.24. The Balaban J connectivity index is 0.000000956. The first-order chi connectivity index (χ1) is 9.86. The van der Waals surface area contributed by atoms with Crippen molar-refractivity contribution in [3.63, 3.8) is 0 Å². The fourth-order valence-corrected chi connectivity index (χ4v) is 2.09. The zero-order valence-electron chi connectivity index (χ0n) is 12.9. The van der Waals surface area contributed by atoms with Gasteiger partial charge in [-0.3, -0.25) is 0 Å². The van der Waals surface area contributed by atoms with Gasteiger partial charge in [-0.25, -0.2) is 0 Å². The van der Waals surface area contributed by atoms with Crippen LogP contribution in [0.2, 0.25) is 0 Å². The molecule has 0 aliphatic carbocycles. The maximum Gasteiger partial charge on any atom is -0.0105 e. The number of hydrogen-bond acceptors (Lipinski definition) is 0. The van der Waals surface area contributed by atoms with Gasteiger partial charge in [0.1, 0.15) is 0 Å². The molecule has 104 valence electrons. The van der Waals surface area contributed by atoms with E-state index in [1.54, 1.807) is 0 Å². The van der Waals surface area contributed by atoms with E-state index in [1.807, 2.05) is 20.8 Å². The monoisotopic (exact) mass is 264 g/mol. The van der Waals surface area contributed by atoms with E-state index in [1.165, 1.54) is 21.9 Å². The number of hydrogen-bond donors (Lipinski definition) is 0. The highest BCUT2D eigenvalue weighted by molar-refractivity contribution is 5.96. The molecule has 0 nitrogen and oxygen atoms in total. The molecule has 0 spiro atoms. The second-order valence-electron chi connectivity index (χ2n) is 4.17. The van der Waals surface area contributed by atoms with Crippen LogP contribution in [0.5, 0.6) is 0 Å². The van der Waals surface area contributed by atoms with Crippen LogP contribution in [0.4, 0.5) is 0 Å². The SMILES string of the molecule is CC.C\C=C/C=C(\C=C/C)c1cccc2ccccc12. The average Bonchev–Trinajstić information content (AvgIpc) is 2.53. The van der Waals surface area contributed by atoms with Crippen molar-refractivity contribution >= 4 is 16.3 Å². The van der Waals surface area contributed by atoms with Crippen LogP contribution in [0.15, 0.2) is 72.8 Å². The Hall–Kier alpha value is -2.08. The Kier molecular flexibility index (Phi) is 7.13. The summed E-state index contributed by atoms with van der Waals surface area (Å²) in [6, 6.07) is 15.0. The number of allylic oxidation sites excluding steroid dienone is 6. The zero-order valence-corrected chi connectivity index (χ0v) is 12.9. The van der Waals surface area contributed by atoms with Gasteiger partial charge in [0.2, 0.25) is 0 Å². The highest BCUT2D eigenvalue weighted by Gasteiger charge is 2.02. The summed E-state index contributed by atoms with van der Waals surface area (Å²) in [5, 5.41) is 2.58. The fraction of sp³-hybridized carbons (Fsp3) is 0.200. The molecule has 0 radical (unpaired) electrons. The maximum atomic E-state index is 2.18. The minimum atomic E-state index is 1.24. The van der Waals surface area contributed by atoms with Crippen molar-refractivity contribution in [1.82, 2.24) is 0 Å². The lowest BCUT2D eigenvalue weighted by Gasteiger charge is -2.07. The third-order valence-corrected chi connectivity index (χ3v) is 2.92. The molecule has 2 aromatic rings. The number of benzene rings is 2. The molecule has 0 aromatic heterocycles. The Labute approximate surface area is 123 Å². The van der Waals surface area contributed by atoms with Crippen LogP contribution in [-0.4, -0.2) is 0 Å². The Morgan fingerprint density at radius 1 is 0.850 bits per heavy atom. The van der Waals surface area contributed by atoms with Gasteiger partial charge in [0.15, 0.2) is 0 Å². The highest BCUT2D eigenvalue weighted by atomic mass is 14.1. The van der Waals surface area contributed by atoms with Crippen LogP contribution in [0.3, 0.4) is 0 Å². The van der Waals surface area contributed by atoms with Gasteiger partial charge in [-0.2, -0.15) is 0 Å². The molecule has 0 unspecified atom stereocenters. The molecule has 2 rings (SSSR count). The van der Waals surface area contributed by atoms with Crippen LogP contribution in [0.1, 0.15) is 33.3 Å². The molecule has 0 aliphatic rings. The molecule has 0 aliphatic heterocycles. The first-order valence-corrected chi connectivity index (χ1v) is 7.30. The van der Waals surface area contributed by atoms with Crippen molar-refractivity contribution in [2.24, 2.45) is 0 Å². The summed E-state index contributed by atoms with van der Waals surface area (Å²) in [6.45, 7) is 8.08. The summed E-state index contributed by atoms with van der Waals surface area (Å²) < 4.78 is 0. The predicted octanol–water partition coefficient (Wildman–Crippen LogP) is 6.40. The van der Waals surface area contributed by atoms with E-state index in [-0.39, 0.29) is 0 Å². The van der Waals surface area contributed by atoms with Crippen LogP contribution < -0.4 is 0 Å². The number of rotatable bonds is 3. The van der Waals surface area contributed by atoms with Crippen LogP contribution in [0.25, 0.3) is 16.3 Å². The van der Waals surface area contributed by atoms with Crippen molar-refractivity contribution in [2.75, 3.05) is 0 Å². The van der Waals surface area contributed by atoms with Gasteiger partial charge in [-0.05, 0) is 35.8 Å². The van der Waals surface area contributed by atoms with Crippen LogP contribution in [-0.2, 0) is 0 Å². The molecule has 0 amide bonds. The first kappa shape index (κ1) is 16.0. The Bertz CT molecular complexity index is 607. The summed E-state index contributed by atoms with van der Waals surface area (Å²) in [7, 11) is 0. The summed E-state index contributed by atoms with van der Waals surface area (Å²) in [5.41, 5.74) is 2.52. The van der Waals surface area contributed by atoms with Gasteiger partial charge in [0.25, 0.3) is 0 Å². The van der Waals surface area contributed by atoms with Gasteiger partial charge >= 0.3 is 0 Å². The van der Waals surface area contributed by atoms with Crippen molar-refractivity contribution in [3.05, 3.63) is 78.4 Å². The van der Waals surface area contributed by atoms with E-state index in [2.05, 4.69) is 79.8 Å². The van der Waals surface area contributed by atoms with Crippen LogP contribution in [0, 0.1) is 0 Å². The first-order valence-electron chi connectivity index (χ1n) is 7.30. The number of fused-ring (bicyclic) bond motifs is 1. The molecule has 0 bridgehead atoms. The molecular formula is C20H24. The lowest BCUT2D eigenvalue weighted by atomic mass is 9.97. The van der Waals surface area contributed by atoms with Gasteiger partial charge in [0, 0.05) is 0 Å². The third kappa shape index (κ3) is 3.96. The van der Waals surface area contributed by atoms with Crippen molar-refractivity contribution in [1.29, 1.82) is 0 Å². The predicted molar refractivity (Wildman–Crippen MR) is 92.9 cm³/mol.